The largest absolute Gasteiger partial charge is 0.478 e. The van der Waals surface area contributed by atoms with Gasteiger partial charge in [0.05, 0.1) is 17.8 Å². The average molecular weight is 296 g/mol. The Morgan fingerprint density at radius 2 is 1.95 bits per heavy atom. The van der Waals surface area contributed by atoms with Crippen LogP contribution < -0.4 is 5.43 Å². The van der Waals surface area contributed by atoms with Gasteiger partial charge in [-0.1, -0.05) is 34.6 Å². The van der Waals surface area contributed by atoms with E-state index in [0.29, 0.717) is 11.3 Å². The SMILES string of the molecule is [N-]=[N+]=NCc1ccc(-c2cc(NN=N)cc(C(=O)O)c2)cc1. The molecule has 0 radical (unpaired) electrons. The van der Waals surface area contributed by atoms with Gasteiger partial charge in [-0.15, -0.1) is 0 Å². The number of nitrogens with zero attached hydrogens (tertiary/aromatic N) is 4. The second-order valence-electron chi connectivity index (χ2n) is 4.41. The summed E-state index contributed by atoms with van der Waals surface area (Å²) in [7, 11) is 0. The number of hydrogen-bond donors (Lipinski definition) is 3. The molecule has 0 atom stereocenters. The van der Waals surface area contributed by atoms with Crippen LogP contribution >= 0.6 is 0 Å². The highest BCUT2D eigenvalue weighted by atomic mass is 16.4. The zero-order valence-corrected chi connectivity index (χ0v) is 11.4. The molecule has 0 saturated heterocycles. The lowest BCUT2D eigenvalue weighted by Gasteiger charge is -2.08. The van der Waals surface area contributed by atoms with E-state index in [-0.39, 0.29) is 12.1 Å². The topological polar surface area (TPSA) is 134 Å². The van der Waals surface area contributed by atoms with Crippen LogP contribution in [0.25, 0.3) is 21.6 Å². The lowest BCUT2D eigenvalue weighted by Crippen LogP contribution is -1.98. The van der Waals surface area contributed by atoms with Gasteiger partial charge in [-0.05, 0) is 40.4 Å². The Morgan fingerprint density at radius 3 is 2.55 bits per heavy atom. The Bertz CT molecular complexity index is 750. The number of benzene rings is 2. The monoisotopic (exact) mass is 296 g/mol. The minimum absolute atomic E-state index is 0.0989. The van der Waals surface area contributed by atoms with Crippen LogP contribution in [0.1, 0.15) is 15.9 Å². The molecule has 0 fully saturated rings. The molecule has 110 valence electrons. The van der Waals surface area contributed by atoms with E-state index in [2.05, 4.69) is 20.7 Å². The quantitative estimate of drug-likeness (QED) is 0.318. The molecule has 8 nitrogen and oxygen atoms in total. The second-order valence-corrected chi connectivity index (χ2v) is 4.41. The van der Waals surface area contributed by atoms with Crippen LogP contribution in [0.15, 0.2) is 52.8 Å². The van der Waals surface area contributed by atoms with Gasteiger partial charge in [0.25, 0.3) is 0 Å². The number of aromatic carboxylic acids is 1. The molecule has 2 rings (SSSR count). The fraction of sp³-hybridized carbons (Fsp3) is 0.0714. The lowest BCUT2D eigenvalue weighted by atomic mass is 10.0. The predicted octanol–water partition coefficient (Wildman–Crippen LogP) is 4.22. The Kier molecular flexibility index (Phi) is 4.69. The van der Waals surface area contributed by atoms with Crippen molar-refractivity contribution in [3.8, 4) is 11.1 Å². The average Bonchev–Trinajstić information content (AvgIpc) is 2.53. The number of anilines is 1. The zero-order chi connectivity index (χ0) is 15.9. The van der Waals surface area contributed by atoms with E-state index in [1.807, 2.05) is 12.1 Å². The van der Waals surface area contributed by atoms with Gasteiger partial charge in [-0.25, -0.2) is 4.79 Å². The number of hydrogen-bond acceptors (Lipinski definition) is 4. The fourth-order valence-corrected chi connectivity index (χ4v) is 1.96. The van der Waals surface area contributed by atoms with Crippen LogP contribution in [0.3, 0.4) is 0 Å². The van der Waals surface area contributed by atoms with Gasteiger partial charge in [-0.2, -0.15) is 5.53 Å². The highest BCUT2D eigenvalue weighted by molar-refractivity contribution is 5.91. The van der Waals surface area contributed by atoms with E-state index in [0.717, 1.165) is 11.1 Å². The van der Waals surface area contributed by atoms with Gasteiger partial charge in [0.2, 0.25) is 0 Å². The number of rotatable bonds is 6. The third kappa shape index (κ3) is 3.59. The number of carbonyl (C=O) groups is 1. The van der Waals surface area contributed by atoms with Gasteiger partial charge in [-0.3, -0.25) is 5.43 Å². The summed E-state index contributed by atoms with van der Waals surface area (Å²) in [6.07, 6.45) is 0. The summed E-state index contributed by atoms with van der Waals surface area (Å²) in [6, 6.07) is 11.9. The van der Waals surface area contributed by atoms with Crippen molar-refractivity contribution in [3.05, 3.63) is 64.0 Å². The van der Waals surface area contributed by atoms with E-state index in [1.165, 1.54) is 6.07 Å². The maximum absolute atomic E-state index is 11.2. The van der Waals surface area contributed by atoms with Crippen LogP contribution in [-0.2, 0) is 6.54 Å². The van der Waals surface area contributed by atoms with Crippen LogP contribution in [-0.4, -0.2) is 11.1 Å². The van der Waals surface area contributed by atoms with Crippen LogP contribution in [0.4, 0.5) is 5.69 Å². The van der Waals surface area contributed by atoms with Crippen molar-refractivity contribution in [1.29, 1.82) is 5.53 Å². The van der Waals surface area contributed by atoms with E-state index >= 15 is 0 Å². The minimum atomic E-state index is -1.06. The smallest absolute Gasteiger partial charge is 0.335 e. The first-order valence-corrected chi connectivity index (χ1v) is 6.25. The molecular formula is C14H12N6O2. The van der Waals surface area contributed by atoms with Crippen molar-refractivity contribution in [2.45, 2.75) is 6.54 Å². The molecule has 0 bridgehead atoms. The summed E-state index contributed by atoms with van der Waals surface area (Å²) in [5.74, 6) is -1.06. The first-order chi connectivity index (χ1) is 10.6. The first-order valence-electron chi connectivity index (χ1n) is 6.25. The van der Waals surface area contributed by atoms with Crippen molar-refractivity contribution in [2.75, 3.05) is 5.43 Å². The molecule has 0 amide bonds. The van der Waals surface area contributed by atoms with Crippen molar-refractivity contribution in [3.63, 3.8) is 0 Å². The second kappa shape index (κ2) is 6.87. The van der Waals surface area contributed by atoms with Crippen LogP contribution in [0.5, 0.6) is 0 Å². The Labute approximate surface area is 125 Å². The van der Waals surface area contributed by atoms with Crippen molar-refractivity contribution in [1.82, 2.24) is 0 Å². The molecule has 0 aliphatic heterocycles. The molecular weight excluding hydrogens is 284 g/mol. The summed E-state index contributed by atoms with van der Waals surface area (Å²) in [4.78, 5) is 13.9. The van der Waals surface area contributed by atoms with Crippen LogP contribution in [0, 0.1) is 5.53 Å². The summed E-state index contributed by atoms with van der Waals surface area (Å²) < 4.78 is 0. The maximum Gasteiger partial charge on any atom is 0.335 e. The molecule has 2 aromatic rings. The molecule has 22 heavy (non-hydrogen) atoms. The molecule has 2 aromatic carbocycles. The lowest BCUT2D eigenvalue weighted by molar-refractivity contribution is 0.0697. The molecule has 0 aliphatic rings. The number of nitrogens with one attached hydrogen (secondary N) is 2. The molecule has 0 aliphatic carbocycles. The predicted molar refractivity (Wildman–Crippen MR) is 80.5 cm³/mol. The maximum atomic E-state index is 11.2. The van der Waals surface area contributed by atoms with E-state index < -0.39 is 5.97 Å². The highest BCUT2D eigenvalue weighted by Gasteiger charge is 2.08. The Balaban J connectivity index is 2.39. The number of carboxylic acids is 1. The first kappa shape index (κ1) is 15.0. The minimum Gasteiger partial charge on any atom is -0.478 e. The van der Waals surface area contributed by atoms with E-state index in [9.17, 15) is 4.79 Å². The summed E-state index contributed by atoms with van der Waals surface area (Å²) >= 11 is 0. The molecule has 0 heterocycles. The zero-order valence-electron chi connectivity index (χ0n) is 11.4. The Morgan fingerprint density at radius 1 is 1.23 bits per heavy atom. The molecule has 0 saturated carbocycles. The van der Waals surface area contributed by atoms with Crippen molar-refractivity contribution < 1.29 is 9.90 Å². The fourth-order valence-electron chi connectivity index (χ4n) is 1.96. The summed E-state index contributed by atoms with van der Waals surface area (Å²) in [6.45, 7) is 0.260. The van der Waals surface area contributed by atoms with Gasteiger partial charge in [0.15, 0.2) is 0 Å². The summed E-state index contributed by atoms with van der Waals surface area (Å²) in [5, 5.41) is 15.7. The highest BCUT2D eigenvalue weighted by Crippen LogP contribution is 2.25. The van der Waals surface area contributed by atoms with Gasteiger partial charge in [0.1, 0.15) is 0 Å². The standard InChI is InChI=1S/C14H12N6O2/c15-19-17-8-9-1-3-10(4-2-9)11-5-12(14(21)22)7-13(6-11)18-20-16/h1-7H,8H2,(H2,16,18)(H,21,22). The Hall–Kier alpha value is -3.38. The summed E-state index contributed by atoms with van der Waals surface area (Å²) in [5.41, 5.74) is 20.4. The molecule has 0 spiro atoms. The van der Waals surface area contributed by atoms with E-state index in [4.69, 9.17) is 16.2 Å². The number of carboxylic acid groups (broad SMARTS) is 1. The van der Waals surface area contributed by atoms with Gasteiger partial charge in [0, 0.05) is 4.91 Å². The van der Waals surface area contributed by atoms with Crippen LogP contribution in [0.2, 0.25) is 0 Å². The van der Waals surface area contributed by atoms with Gasteiger partial charge >= 0.3 is 5.97 Å². The number of azide groups is 1. The third-order valence-electron chi connectivity index (χ3n) is 2.97. The molecule has 8 heteroatoms. The molecule has 0 unspecified atom stereocenters. The van der Waals surface area contributed by atoms with E-state index in [1.54, 1.807) is 24.3 Å². The van der Waals surface area contributed by atoms with Crippen molar-refractivity contribution in [2.24, 2.45) is 10.3 Å². The normalized spacial score (nSPS) is 9.64. The van der Waals surface area contributed by atoms with Gasteiger partial charge < -0.3 is 5.11 Å². The molecule has 3 N–H and O–H groups in total. The molecule has 0 aromatic heterocycles. The van der Waals surface area contributed by atoms with Crippen molar-refractivity contribution >= 4 is 11.7 Å². The third-order valence-corrected chi connectivity index (χ3v) is 2.97.